The lowest BCUT2D eigenvalue weighted by molar-refractivity contribution is -0.146. The zero-order valence-electron chi connectivity index (χ0n) is 18.5. The Balaban J connectivity index is 1.67. The predicted octanol–water partition coefficient (Wildman–Crippen LogP) is 6.01. The third-order valence-corrected chi connectivity index (χ3v) is 6.21. The van der Waals surface area contributed by atoms with Crippen LogP contribution in [-0.2, 0) is 16.6 Å². The van der Waals surface area contributed by atoms with Gasteiger partial charge in [-0.2, -0.15) is 0 Å². The van der Waals surface area contributed by atoms with Crippen LogP contribution in [0.4, 0.5) is 5.69 Å². The van der Waals surface area contributed by atoms with Crippen molar-refractivity contribution >= 4 is 28.9 Å². The molecule has 2 N–H and O–H groups in total. The van der Waals surface area contributed by atoms with E-state index in [9.17, 15) is 14.7 Å². The van der Waals surface area contributed by atoms with Crippen LogP contribution < -0.4 is 5.32 Å². The van der Waals surface area contributed by atoms with Crippen LogP contribution in [0.25, 0.3) is 10.4 Å². The second kappa shape index (κ2) is 8.63. The Hall–Kier alpha value is -2.99. The molecule has 0 saturated heterocycles. The molecule has 31 heavy (non-hydrogen) atoms. The minimum atomic E-state index is -0.853. The van der Waals surface area contributed by atoms with Crippen molar-refractivity contribution < 1.29 is 14.7 Å². The minimum Gasteiger partial charge on any atom is -0.481 e. The number of hydrogen-bond acceptors (Lipinski definition) is 4. The molecule has 1 aromatic heterocycles. The number of nitrogens with one attached hydrogen (secondary N) is 1. The van der Waals surface area contributed by atoms with Gasteiger partial charge in [-0.05, 0) is 54.7 Å². The van der Waals surface area contributed by atoms with Crippen molar-refractivity contribution in [2.45, 2.75) is 46.5 Å². The molecule has 0 atom stereocenters. The maximum absolute atomic E-state index is 12.6. The van der Waals surface area contributed by atoms with E-state index in [1.54, 1.807) is 20.0 Å². The second-order valence-corrected chi connectivity index (χ2v) is 10.5. The quantitative estimate of drug-likeness (QED) is 0.496. The van der Waals surface area contributed by atoms with Crippen molar-refractivity contribution in [3.8, 4) is 10.4 Å². The molecule has 0 aliphatic heterocycles. The summed E-state index contributed by atoms with van der Waals surface area (Å²) in [6, 6.07) is 15.3. The molecule has 5 nitrogen and oxygen atoms in total. The summed E-state index contributed by atoms with van der Waals surface area (Å²) in [5, 5.41) is 13.0. The first kappa shape index (κ1) is 22.7. The lowest BCUT2D eigenvalue weighted by Crippen LogP contribution is -2.26. The molecule has 0 unspecified atom stereocenters. The van der Waals surface area contributed by atoms with Gasteiger partial charge < -0.3 is 10.4 Å². The molecule has 0 spiro atoms. The van der Waals surface area contributed by atoms with E-state index in [0.717, 1.165) is 15.4 Å². The van der Waals surface area contributed by atoms with Crippen LogP contribution in [0.1, 0.15) is 55.5 Å². The van der Waals surface area contributed by atoms with Crippen LogP contribution in [-0.4, -0.2) is 22.0 Å². The SMILES string of the molecule is CC(C)(Cc1ncc(-c2ccc(NC(=O)c3ccc(C(C)(C)C)cc3)cc2)s1)C(=O)O. The van der Waals surface area contributed by atoms with Crippen molar-refractivity contribution in [3.05, 3.63) is 70.9 Å². The van der Waals surface area contributed by atoms with Crippen molar-refractivity contribution in [1.82, 2.24) is 4.98 Å². The van der Waals surface area contributed by atoms with E-state index in [2.05, 4.69) is 31.1 Å². The normalized spacial score (nSPS) is 11.9. The van der Waals surface area contributed by atoms with E-state index in [0.29, 0.717) is 17.7 Å². The molecule has 6 heteroatoms. The Labute approximate surface area is 187 Å². The van der Waals surface area contributed by atoms with Gasteiger partial charge in [0.25, 0.3) is 5.91 Å². The van der Waals surface area contributed by atoms with Gasteiger partial charge in [-0.25, -0.2) is 4.98 Å². The number of rotatable bonds is 6. The first-order chi connectivity index (χ1) is 14.5. The molecular weight excluding hydrogens is 408 g/mol. The third-order valence-electron chi connectivity index (χ3n) is 5.17. The number of aliphatic carboxylic acids is 1. The van der Waals surface area contributed by atoms with Crippen LogP contribution in [0, 0.1) is 5.41 Å². The minimum absolute atomic E-state index is 0.0464. The van der Waals surface area contributed by atoms with Crippen LogP contribution in [0.5, 0.6) is 0 Å². The molecule has 1 heterocycles. The number of carbonyl (C=O) groups excluding carboxylic acids is 1. The highest BCUT2D eigenvalue weighted by atomic mass is 32.1. The molecule has 0 aliphatic carbocycles. The lowest BCUT2D eigenvalue weighted by atomic mass is 9.87. The molecule has 0 aliphatic rings. The Kier molecular flexibility index (Phi) is 6.32. The number of carboxylic acids is 1. The molecule has 0 bridgehead atoms. The summed E-state index contributed by atoms with van der Waals surface area (Å²) in [7, 11) is 0. The molecule has 0 fully saturated rings. The number of benzene rings is 2. The number of thiazole rings is 1. The molecule has 3 aromatic rings. The van der Waals surface area contributed by atoms with Crippen LogP contribution in [0.2, 0.25) is 0 Å². The van der Waals surface area contributed by atoms with Gasteiger partial charge in [0.1, 0.15) is 0 Å². The Morgan fingerprint density at radius 3 is 2.13 bits per heavy atom. The van der Waals surface area contributed by atoms with Gasteiger partial charge in [0.05, 0.1) is 15.3 Å². The van der Waals surface area contributed by atoms with E-state index < -0.39 is 11.4 Å². The van der Waals surface area contributed by atoms with Gasteiger partial charge >= 0.3 is 5.97 Å². The number of carbonyl (C=O) groups is 2. The van der Waals surface area contributed by atoms with Gasteiger partial charge in [-0.3, -0.25) is 9.59 Å². The fourth-order valence-corrected chi connectivity index (χ4v) is 4.17. The number of carboxylic acid groups (broad SMARTS) is 1. The molecular formula is C25H28N2O3S. The van der Waals surface area contributed by atoms with E-state index in [1.165, 1.54) is 16.9 Å². The molecule has 3 rings (SSSR count). The fourth-order valence-electron chi connectivity index (χ4n) is 3.02. The van der Waals surface area contributed by atoms with Gasteiger partial charge in [-0.15, -0.1) is 11.3 Å². The second-order valence-electron chi connectivity index (χ2n) is 9.34. The van der Waals surface area contributed by atoms with E-state index >= 15 is 0 Å². The first-order valence-electron chi connectivity index (χ1n) is 10.2. The standard InChI is InChI=1S/C25H28N2O3S/c1-24(2,3)18-10-6-17(7-11-18)22(28)27-19-12-8-16(9-13-19)20-15-26-21(31-20)14-25(4,5)23(29)30/h6-13,15H,14H2,1-5H3,(H,27,28)(H,29,30). The summed E-state index contributed by atoms with van der Waals surface area (Å²) in [6.45, 7) is 9.82. The summed E-state index contributed by atoms with van der Waals surface area (Å²) in [6.07, 6.45) is 2.15. The zero-order valence-corrected chi connectivity index (χ0v) is 19.3. The third kappa shape index (κ3) is 5.58. The van der Waals surface area contributed by atoms with E-state index in [4.69, 9.17) is 0 Å². The summed E-state index contributed by atoms with van der Waals surface area (Å²) >= 11 is 1.49. The highest BCUT2D eigenvalue weighted by Crippen LogP contribution is 2.31. The number of hydrogen-bond donors (Lipinski definition) is 2. The van der Waals surface area contributed by atoms with Crippen LogP contribution >= 0.6 is 11.3 Å². The van der Waals surface area contributed by atoms with Crippen molar-refractivity contribution in [3.63, 3.8) is 0 Å². The maximum atomic E-state index is 12.6. The largest absolute Gasteiger partial charge is 0.481 e. The van der Waals surface area contributed by atoms with Gasteiger partial charge in [0, 0.05) is 23.9 Å². The predicted molar refractivity (Wildman–Crippen MR) is 126 cm³/mol. The summed E-state index contributed by atoms with van der Waals surface area (Å²) in [5.74, 6) is -0.985. The van der Waals surface area contributed by atoms with Gasteiger partial charge in [0.15, 0.2) is 0 Å². The first-order valence-corrected chi connectivity index (χ1v) is 11.0. The highest BCUT2D eigenvalue weighted by molar-refractivity contribution is 7.15. The fraction of sp³-hybridized carbons (Fsp3) is 0.320. The van der Waals surface area contributed by atoms with Crippen LogP contribution in [0.3, 0.4) is 0 Å². The van der Waals surface area contributed by atoms with Crippen molar-refractivity contribution in [2.24, 2.45) is 5.41 Å². The maximum Gasteiger partial charge on any atom is 0.309 e. The average Bonchev–Trinajstić information content (AvgIpc) is 3.15. The Morgan fingerprint density at radius 2 is 1.58 bits per heavy atom. The van der Waals surface area contributed by atoms with Crippen LogP contribution in [0.15, 0.2) is 54.7 Å². The molecule has 1 amide bonds. The highest BCUT2D eigenvalue weighted by Gasteiger charge is 2.28. The van der Waals surface area contributed by atoms with Gasteiger partial charge in [0.2, 0.25) is 0 Å². The summed E-state index contributed by atoms with van der Waals surface area (Å²) in [4.78, 5) is 29.2. The average molecular weight is 437 g/mol. The molecule has 2 aromatic carbocycles. The summed E-state index contributed by atoms with van der Waals surface area (Å²) in [5.41, 5.74) is 2.68. The lowest BCUT2D eigenvalue weighted by Gasteiger charge is -2.19. The monoisotopic (exact) mass is 436 g/mol. The number of amides is 1. The Morgan fingerprint density at radius 1 is 0.968 bits per heavy atom. The molecule has 162 valence electrons. The number of anilines is 1. The Bertz CT molecular complexity index is 1080. The zero-order chi connectivity index (χ0) is 22.8. The topological polar surface area (TPSA) is 79.3 Å². The van der Waals surface area contributed by atoms with Gasteiger partial charge in [-0.1, -0.05) is 45.0 Å². The smallest absolute Gasteiger partial charge is 0.309 e. The van der Waals surface area contributed by atoms with Crippen molar-refractivity contribution in [2.75, 3.05) is 5.32 Å². The van der Waals surface area contributed by atoms with E-state index in [1.807, 2.05) is 48.5 Å². The molecule has 0 radical (unpaired) electrons. The number of aromatic nitrogens is 1. The number of nitrogens with zero attached hydrogens (tertiary/aromatic N) is 1. The summed E-state index contributed by atoms with van der Waals surface area (Å²) < 4.78 is 0. The van der Waals surface area contributed by atoms with E-state index in [-0.39, 0.29) is 11.3 Å². The van der Waals surface area contributed by atoms with Crippen molar-refractivity contribution in [1.29, 1.82) is 0 Å². The molecule has 0 saturated carbocycles.